The van der Waals surface area contributed by atoms with Crippen molar-refractivity contribution in [3.8, 4) is 0 Å². The van der Waals surface area contributed by atoms with E-state index in [-0.39, 0.29) is 0 Å². The van der Waals surface area contributed by atoms with Gasteiger partial charge in [0.15, 0.2) is 5.78 Å². The van der Waals surface area contributed by atoms with E-state index in [4.69, 9.17) is 11.6 Å². The molecule has 19 heavy (non-hydrogen) atoms. The molecule has 3 N–H and O–H groups in total. The standard InChI is InChI=1S/C13H13ClNO3P/c14-11-8-6-10(7-9-11)13(19(16,17)18)15-12-4-2-1-3-5-12/h1-9,13,15H,(H2,16,17,18)/t13-/m1/s1. The first-order valence-corrected chi connectivity index (χ1v) is 7.65. The van der Waals surface area contributed by atoms with Gasteiger partial charge in [0.2, 0.25) is 0 Å². The topological polar surface area (TPSA) is 69.6 Å². The summed E-state index contributed by atoms with van der Waals surface area (Å²) in [7, 11) is -4.33. The zero-order chi connectivity index (χ0) is 13.9. The third kappa shape index (κ3) is 3.82. The number of anilines is 1. The highest BCUT2D eigenvalue weighted by atomic mass is 35.5. The van der Waals surface area contributed by atoms with Crippen molar-refractivity contribution in [2.45, 2.75) is 5.78 Å². The molecule has 0 aliphatic rings. The smallest absolute Gasteiger partial charge is 0.352 e. The summed E-state index contributed by atoms with van der Waals surface area (Å²) >= 11 is 5.78. The van der Waals surface area contributed by atoms with E-state index in [1.165, 1.54) is 0 Å². The van der Waals surface area contributed by atoms with Gasteiger partial charge >= 0.3 is 7.60 Å². The van der Waals surface area contributed by atoms with Gasteiger partial charge in [0.05, 0.1) is 0 Å². The second-order valence-corrected chi connectivity index (χ2v) is 6.18. The molecule has 0 aromatic heterocycles. The van der Waals surface area contributed by atoms with Crippen molar-refractivity contribution in [2.75, 3.05) is 5.32 Å². The van der Waals surface area contributed by atoms with Crippen LogP contribution in [0.2, 0.25) is 5.02 Å². The predicted molar refractivity (Wildman–Crippen MR) is 76.3 cm³/mol. The Hall–Kier alpha value is -1.32. The summed E-state index contributed by atoms with van der Waals surface area (Å²) in [6.45, 7) is 0. The first-order chi connectivity index (χ1) is 8.97. The summed E-state index contributed by atoms with van der Waals surface area (Å²) < 4.78 is 11.6. The van der Waals surface area contributed by atoms with Crippen LogP contribution in [-0.4, -0.2) is 9.79 Å². The van der Waals surface area contributed by atoms with E-state index in [2.05, 4.69) is 5.32 Å². The highest BCUT2D eigenvalue weighted by Crippen LogP contribution is 2.51. The maximum Gasteiger partial charge on any atom is 0.352 e. The Labute approximate surface area is 116 Å². The molecule has 0 saturated heterocycles. The lowest BCUT2D eigenvalue weighted by Gasteiger charge is -2.21. The maximum absolute atomic E-state index is 11.6. The summed E-state index contributed by atoms with van der Waals surface area (Å²) in [5.74, 6) is -1.09. The molecule has 0 amide bonds. The lowest BCUT2D eigenvalue weighted by molar-refractivity contribution is 0.363. The van der Waals surface area contributed by atoms with Gasteiger partial charge in [-0.1, -0.05) is 41.9 Å². The lowest BCUT2D eigenvalue weighted by atomic mass is 10.2. The van der Waals surface area contributed by atoms with Gasteiger partial charge in [-0.15, -0.1) is 0 Å². The molecule has 0 spiro atoms. The Balaban J connectivity index is 2.32. The molecule has 6 heteroatoms. The fourth-order valence-electron chi connectivity index (χ4n) is 1.70. The molecule has 100 valence electrons. The van der Waals surface area contributed by atoms with E-state index in [0.29, 0.717) is 16.3 Å². The largest absolute Gasteiger partial charge is 0.368 e. The second kappa shape index (κ2) is 5.76. The van der Waals surface area contributed by atoms with Crippen LogP contribution in [0.5, 0.6) is 0 Å². The van der Waals surface area contributed by atoms with Crippen molar-refractivity contribution < 1.29 is 14.4 Å². The fourth-order valence-corrected chi connectivity index (χ4v) is 2.70. The van der Waals surface area contributed by atoms with Gasteiger partial charge < -0.3 is 15.1 Å². The molecule has 0 bridgehead atoms. The Morgan fingerprint density at radius 1 is 1.00 bits per heavy atom. The molecule has 1 atom stereocenters. The number of nitrogens with one attached hydrogen (secondary N) is 1. The van der Waals surface area contributed by atoms with Crippen LogP contribution >= 0.6 is 19.2 Å². The van der Waals surface area contributed by atoms with Crippen LogP contribution in [0.1, 0.15) is 11.3 Å². The molecule has 0 aliphatic carbocycles. The fraction of sp³-hybridized carbons (Fsp3) is 0.0769. The van der Waals surface area contributed by atoms with Crippen LogP contribution in [-0.2, 0) is 4.57 Å². The molecule has 0 aliphatic heterocycles. The Kier molecular flexibility index (Phi) is 4.27. The molecule has 0 fully saturated rings. The van der Waals surface area contributed by atoms with Gasteiger partial charge in [0.25, 0.3) is 0 Å². The molecule has 0 heterocycles. The maximum atomic E-state index is 11.6. The van der Waals surface area contributed by atoms with Gasteiger partial charge in [-0.05, 0) is 29.8 Å². The molecule has 2 aromatic carbocycles. The number of rotatable bonds is 4. The molecule has 0 radical (unpaired) electrons. The number of hydrogen-bond acceptors (Lipinski definition) is 2. The van der Waals surface area contributed by atoms with Crippen LogP contribution < -0.4 is 5.32 Å². The van der Waals surface area contributed by atoms with Gasteiger partial charge in [-0.2, -0.15) is 0 Å². The van der Waals surface area contributed by atoms with Crippen molar-refractivity contribution >= 4 is 24.9 Å². The normalized spacial score (nSPS) is 13.0. The van der Waals surface area contributed by atoms with Crippen LogP contribution in [0, 0.1) is 0 Å². The van der Waals surface area contributed by atoms with Crippen LogP contribution in [0.4, 0.5) is 5.69 Å². The van der Waals surface area contributed by atoms with Crippen LogP contribution in [0.3, 0.4) is 0 Å². The SMILES string of the molecule is O=P(O)(O)[C@@H](Nc1ccccc1)c1ccc(Cl)cc1. The van der Waals surface area contributed by atoms with Crippen LogP contribution in [0.25, 0.3) is 0 Å². The van der Waals surface area contributed by atoms with Crippen LogP contribution in [0.15, 0.2) is 54.6 Å². The van der Waals surface area contributed by atoms with Gasteiger partial charge in [0, 0.05) is 10.7 Å². The highest BCUT2D eigenvalue weighted by molar-refractivity contribution is 7.52. The minimum absolute atomic E-state index is 0.488. The van der Waals surface area contributed by atoms with Gasteiger partial charge in [-0.3, -0.25) is 4.57 Å². The van der Waals surface area contributed by atoms with Gasteiger partial charge in [0.1, 0.15) is 0 Å². The summed E-state index contributed by atoms with van der Waals surface area (Å²) in [5.41, 5.74) is 1.13. The Morgan fingerprint density at radius 2 is 1.58 bits per heavy atom. The molecule has 2 aromatic rings. The van der Waals surface area contributed by atoms with Crippen molar-refractivity contribution in [1.29, 1.82) is 0 Å². The van der Waals surface area contributed by atoms with E-state index in [1.807, 2.05) is 6.07 Å². The van der Waals surface area contributed by atoms with Crippen molar-refractivity contribution in [1.82, 2.24) is 0 Å². The summed E-state index contributed by atoms with van der Waals surface area (Å²) in [5, 5.41) is 3.37. The second-order valence-electron chi connectivity index (χ2n) is 4.05. The highest BCUT2D eigenvalue weighted by Gasteiger charge is 2.30. The zero-order valence-corrected chi connectivity index (χ0v) is 11.6. The average molecular weight is 298 g/mol. The van der Waals surface area contributed by atoms with Crippen molar-refractivity contribution in [2.24, 2.45) is 0 Å². The summed E-state index contributed by atoms with van der Waals surface area (Å²) in [6, 6.07) is 15.3. The molecule has 4 nitrogen and oxygen atoms in total. The Bertz CT molecular complexity index is 583. The number of hydrogen-bond donors (Lipinski definition) is 3. The van der Waals surface area contributed by atoms with Crippen molar-refractivity contribution in [3.63, 3.8) is 0 Å². The third-order valence-electron chi connectivity index (χ3n) is 2.60. The monoisotopic (exact) mass is 297 g/mol. The van der Waals surface area contributed by atoms with Gasteiger partial charge in [-0.25, -0.2) is 0 Å². The quantitative estimate of drug-likeness (QED) is 0.754. The average Bonchev–Trinajstić information content (AvgIpc) is 2.37. The van der Waals surface area contributed by atoms with E-state index >= 15 is 0 Å². The minimum atomic E-state index is -4.33. The van der Waals surface area contributed by atoms with E-state index in [0.717, 1.165) is 0 Å². The third-order valence-corrected chi connectivity index (χ3v) is 3.95. The molecule has 0 unspecified atom stereocenters. The molecule has 0 saturated carbocycles. The van der Waals surface area contributed by atoms with E-state index < -0.39 is 13.4 Å². The predicted octanol–water partition coefficient (Wildman–Crippen LogP) is 3.63. The van der Waals surface area contributed by atoms with E-state index in [1.54, 1.807) is 48.5 Å². The minimum Gasteiger partial charge on any atom is -0.368 e. The van der Waals surface area contributed by atoms with Crippen molar-refractivity contribution in [3.05, 3.63) is 65.2 Å². The number of halogens is 1. The first-order valence-electron chi connectivity index (χ1n) is 5.59. The first kappa shape index (κ1) is 14.1. The zero-order valence-electron chi connectivity index (χ0n) is 9.90. The van der Waals surface area contributed by atoms with E-state index in [9.17, 15) is 14.4 Å². The number of para-hydroxylation sites is 1. The summed E-state index contributed by atoms with van der Waals surface area (Å²) in [4.78, 5) is 19.0. The Morgan fingerprint density at radius 3 is 2.11 bits per heavy atom. The molecular weight excluding hydrogens is 285 g/mol. The molecular formula is C13H13ClNO3P. The number of benzene rings is 2. The molecule has 2 rings (SSSR count). The summed E-state index contributed by atoms with van der Waals surface area (Å²) in [6.07, 6.45) is 0. The lowest BCUT2D eigenvalue weighted by Crippen LogP contribution is -2.11.